The molecule has 3 aromatic rings. The number of aliphatic carboxylic acids is 1. The van der Waals surface area contributed by atoms with Crippen LogP contribution in [0.5, 0.6) is 5.75 Å². The molecular weight excluding hydrogens is 542 g/mol. The summed E-state index contributed by atoms with van der Waals surface area (Å²) in [5, 5.41) is 17.1. The van der Waals surface area contributed by atoms with Crippen molar-refractivity contribution in [3.63, 3.8) is 0 Å². The van der Waals surface area contributed by atoms with Crippen LogP contribution in [0.4, 0.5) is 23.2 Å². The molecule has 4 N–H and O–H groups in total. The molecule has 210 valence electrons. The van der Waals surface area contributed by atoms with E-state index >= 15 is 0 Å². The number of anilines is 1. The molecule has 2 atom stereocenters. The summed E-state index contributed by atoms with van der Waals surface area (Å²) in [6.45, 7) is -0.138. The van der Waals surface area contributed by atoms with Crippen LogP contribution in [0.2, 0.25) is 0 Å². The highest BCUT2D eigenvalue weighted by Gasteiger charge is 2.29. The smallest absolute Gasteiger partial charge is 0.313 e. The Labute approximate surface area is 223 Å². The third-order valence-electron chi connectivity index (χ3n) is 5.50. The topological polar surface area (TPSA) is 151 Å². The SMILES string of the molecule is C[C@H](NC(=O)C(=O)Nc1cccc2ccccc12)C(=O)N[C@@H](CC(=O)O)C(=O)COc1c(F)c(F)cc(F)c1F. The fraction of sp³-hybridized carbons (Fsp3) is 0.192. The molecule has 3 aromatic carbocycles. The van der Waals surface area contributed by atoms with E-state index in [2.05, 4.69) is 15.4 Å². The Balaban J connectivity index is 1.62. The maximum Gasteiger partial charge on any atom is 0.313 e. The molecular formula is C26H21F4N3O7. The van der Waals surface area contributed by atoms with Crippen LogP contribution in [0, 0.1) is 23.3 Å². The van der Waals surface area contributed by atoms with Crippen LogP contribution in [-0.2, 0) is 24.0 Å². The molecule has 0 saturated heterocycles. The molecule has 0 aliphatic heterocycles. The van der Waals surface area contributed by atoms with Crippen LogP contribution in [0.1, 0.15) is 13.3 Å². The lowest BCUT2D eigenvalue weighted by atomic mass is 10.1. The van der Waals surface area contributed by atoms with Gasteiger partial charge in [-0.3, -0.25) is 24.0 Å². The number of hydrogen-bond acceptors (Lipinski definition) is 6. The summed E-state index contributed by atoms with van der Waals surface area (Å²) in [5.74, 6) is -15.2. The second-order valence-corrected chi connectivity index (χ2v) is 8.39. The molecule has 40 heavy (non-hydrogen) atoms. The van der Waals surface area contributed by atoms with E-state index in [4.69, 9.17) is 5.11 Å². The van der Waals surface area contributed by atoms with E-state index in [1.165, 1.54) is 0 Å². The van der Waals surface area contributed by atoms with Crippen LogP contribution in [0.3, 0.4) is 0 Å². The van der Waals surface area contributed by atoms with E-state index in [0.717, 1.165) is 12.3 Å². The van der Waals surface area contributed by atoms with Crippen molar-refractivity contribution in [2.75, 3.05) is 11.9 Å². The van der Waals surface area contributed by atoms with Gasteiger partial charge in [-0.25, -0.2) is 8.78 Å². The van der Waals surface area contributed by atoms with Crippen molar-refractivity contribution in [3.8, 4) is 5.75 Å². The van der Waals surface area contributed by atoms with E-state index in [-0.39, 0.29) is 6.07 Å². The van der Waals surface area contributed by atoms with Crippen LogP contribution >= 0.6 is 0 Å². The number of carboxylic acid groups (broad SMARTS) is 1. The normalized spacial score (nSPS) is 12.2. The first-order valence-corrected chi connectivity index (χ1v) is 11.5. The van der Waals surface area contributed by atoms with Gasteiger partial charge < -0.3 is 25.8 Å². The van der Waals surface area contributed by atoms with E-state index in [0.29, 0.717) is 11.1 Å². The van der Waals surface area contributed by atoms with Gasteiger partial charge in [-0.15, -0.1) is 0 Å². The molecule has 0 bridgehead atoms. The molecule has 0 saturated carbocycles. The molecule has 0 unspecified atom stereocenters. The summed E-state index contributed by atoms with van der Waals surface area (Å²) in [4.78, 5) is 60.9. The maximum absolute atomic E-state index is 13.8. The Morgan fingerprint density at radius 2 is 1.50 bits per heavy atom. The highest BCUT2D eigenvalue weighted by Crippen LogP contribution is 2.26. The highest BCUT2D eigenvalue weighted by molar-refractivity contribution is 6.40. The first-order valence-electron chi connectivity index (χ1n) is 11.5. The Morgan fingerprint density at radius 1 is 0.875 bits per heavy atom. The second kappa shape index (κ2) is 12.7. The molecule has 14 heteroatoms. The fourth-order valence-electron chi connectivity index (χ4n) is 3.48. The van der Waals surface area contributed by atoms with Crippen LogP contribution < -0.4 is 20.7 Å². The van der Waals surface area contributed by atoms with Crippen molar-refractivity contribution in [1.82, 2.24) is 10.6 Å². The number of carboxylic acids is 1. The monoisotopic (exact) mass is 563 g/mol. The summed E-state index contributed by atoms with van der Waals surface area (Å²) in [6, 6.07) is 8.66. The molecule has 10 nitrogen and oxygen atoms in total. The second-order valence-electron chi connectivity index (χ2n) is 8.39. The average molecular weight is 563 g/mol. The first-order chi connectivity index (χ1) is 18.9. The third-order valence-corrected chi connectivity index (χ3v) is 5.50. The van der Waals surface area contributed by atoms with Gasteiger partial charge in [0.1, 0.15) is 18.7 Å². The van der Waals surface area contributed by atoms with Gasteiger partial charge in [0.25, 0.3) is 0 Å². The highest BCUT2D eigenvalue weighted by atomic mass is 19.2. The van der Waals surface area contributed by atoms with Crippen molar-refractivity contribution in [2.24, 2.45) is 0 Å². The van der Waals surface area contributed by atoms with Gasteiger partial charge in [0.2, 0.25) is 17.5 Å². The number of ether oxygens (including phenoxy) is 1. The Bertz CT molecular complexity index is 1470. The van der Waals surface area contributed by atoms with Crippen LogP contribution in [0.15, 0.2) is 48.5 Å². The molecule has 0 spiro atoms. The number of carbonyl (C=O) groups excluding carboxylic acids is 4. The minimum absolute atomic E-state index is 0.0786. The summed E-state index contributed by atoms with van der Waals surface area (Å²) in [5.41, 5.74) is 0.327. The number of rotatable bonds is 10. The number of halogens is 4. The number of nitrogens with one attached hydrogen (secondary N) is 3. The average Bonchev–Trinajstić information content (AvgIpc) is 2.91. The molecule has 3 rings (SSSR count). The minimum atomic E-state index is -1.93. The standard InChI is InChI=1S/C26H21F4N3O7/c1-12(31-25(38)26(39)32-17-8-4-6-13-5-2-3-7-14(13)17)24(37)33-18(10-20(35)36)19(34)11-40-23-21(29)15(27)9-16(28)22(23)30/h2-9,12,18H,10-11H2,1H3,(H,31,38)(H,32,39)(H,33,37)(H,35,36)/t12-,18-/m0/s1. The van der Waals surface area contributed by atoms with Gasteiger partial charge in [-0.05, 0) is 18.4 Å². The molecule has 0 radical (unpaired) electrons. The number of fused-ring (bicyclic) bond motifs is 1. The number of carbonyl (C=O) groups is 5. The summed E-state index contributed by atoms with van der Waals surface area (Å²) in [7, 11) is 0. The number of hydrogen-bond donors (Lipinski definition) is 4. The lowest BCUT2D eigenvalue weighted by molar-refractivity contribution is -0.141. The van der Waals surface area contributed by atoms with Crippen molar-refractivity contribution in [1.29, 1.82) is 0 Å². The predicted octanol–water partition coefficient (Wildman–Crippen LogP) is 2.45. The largest absolute Gasteiger partial charge is 0.481 e. The van der Waals surface area contributed by atoms with Gasteiger partial charge in [0.15, 0.2) is 23.2 Å². The maximum atomic E-state index is 13.8. The molecule has 0 heterocycles. The lowest BCUT2D eigenvalue weighted by Gasteiger charge is -2.20. The van der Waals surface area contributed by atoms with E-state index in [1.54, 1.807) is 42.5 Å². The van der Waals surface area contributed by atoms with E-state index < -0.39 is 83.6 Å². The molecule has 0 aliphatic rings. The van der Waals surface area contributed by atoms with E-state index in [9.17, 15) is 41.5 Å². The van der Waals surface area contributed by atoms with Crippen molar-refractivity contribution >= 4 is 45.9 Å². The molecule has 0 aliphatic carbocycles. The summed E-state index contributed by atoms with van der Waals surface area (Å²) >= 11 is 0. The minimum Gasteiger partial charge on any atom is -0.481 e. The summed E-state index contributed by atoms with van der Waals surface area (Å²) < 4.78 is 58.8. The quantitative estimate of drug-likeness (QED) is 0.168. The number of amides is 3. The van der Waals surface area contributed by atoms with Gasteiger partial charge in [-0.2, -0.15) is 8.78 Å². The van der Waals surface area contributed by atoms with Crippen molar-refractivity contribution in [3.05, 3.63) is 71.8 Å². The van der Waals surface area contributed by atoms with Crippen molar-refractivity contribution < 1.29 is 51.4 Å². The van der Waals surface area contributed by atoms with Gasteiger partial charge in [-0.1, -0.05) is 36.4 Å². The fourth-order valence-corrected chi connectivity index (χ4v) is 3.48. The number of benzene rings is 3. The predicted molar refractivity (Wildman–Crippen MR) is 131 cm³/mol. The Kier molecular flexibility index (Phi) is 9.37. The number of ketones is 1. The lowest BCUT2D eigenvalue weighted by Crippen LogP contribution is -2.53. The third kappa shape index (κ3) is 7.09. The molecule has 0 aromatic heterocycles. The first kappa shape index (κ1) is 29.5. The molecule has 3 amide bonds. The van der Waals surface area contributed by atoms with Gasteiger partial charge in [0, 0.05) is 17.1 Å². The zero-order valence-electron chi connectivity index (χ0n) is 20.6. The zero-order chi connectivity index (χ0) is 29.6. The van der Waals surface area contributed by atoms with E-state index in [1.807, 2.05) is 5.32 Å². The van der Waals surface area contributed by atoms with Crippen molar-refractivity contribution in [2.45, 2.75) is 25.4 Å². The number of Topliss-reactive ketones (excluding diaryl/α,β-unsaturated/α-hetero) is 1. The zero-order valence-corrected chi connectivity index (χ0v) is 20.6. The Morgan fingerprint density at radius 3 is 2.15 bits per heavy atom. The Hall–Kier alpha value is -5.01. The van der Waals surface area contributed by atoms with Gasteiger partial charge >= 0.3 is 17.8 Å². The summed E-state index contributed by atoms with van der Waals surface area (Å²) in [6.07, 6.45) is -1.02. The molecule has 0 fully saturated rings. The van der Waals surface area contributed by atoms with Crippen LogP contribution in [0.25, 0.3) is 10.8 Å². The van der Waals surface area contributed by atoms with Gasteiger partial charge in [0.05, 0.1) is 6.42 Å². The van der Waals surface area contributed by atoms with Crippen LogP contribution in [-0.4, -0.2) is 53.3 Å².